The molecule has 0 bridgehead atoms. The third-order valence-corrected chi connectivity index (χ3v) is 5.54. The van der Waals surface area contributed by atoms with Gasteiger partial charge in [-0.3, -0.25) is 9.78 Å². The van der Waals surface area contributed by atoms with Crippen LogP contribution in [0, 0.1) is 0 Å². The average Bonchev–Trinajstić information content (AvgIpc) is 2.68. The Labute approximate surface area is 162 Å². The van der Waals surface area contributed by atoms with E-state index in [0.29, 0.717) is 12.8 Å². The van der Waals surface area contributed by atoms with Crippen molar-refractivity contribution in [2.75, 3.05) is 5.73 Å². The van der Waals surface area contributed by atoms with Crippen LogP contribution in [0.2, 0.25) is 0 Å². The number of esters is 1. The number of nitrogens with two attached hydrogens (primary N) is 1. The van der Waals surface area contributed by atoms with Gasteiger partial charge in [0.1, 0.15) is 6.10 Å². The molecular weight excluding hydrogens is 336 g/mol. The van der Waals surface area contributed by atoms with Gasteiger partial charge in [-0.25, -0.2) is 0 Å². The minimum Gasteiger partial charge on any atom is -0.462 e. The van der Waals surface area contributed by atoms with Crippen LogP contribution in [-0.2, 0) is 22.4 Å². The minimum atomic E-state index is -0.0696. The summed E-state index contributed by atoms with van der Waals surface area (Å²) in [5, 5.41) is 0.992. The van der Waals surface area contributed by atoms with E-state index in [0.717, 1.165) is 53.5 Å². The largest absolute Gasteiger partial charge is 0.462 e. The third-order valence-electron chi connectivity index (χ3n) is 5.54. The fourth-order valence-corrected chi connectivity index (χ4v) is 3.96. The number of nitrogens with zero attached hydrogens (tertiary/aromatic N) is 1. The van der Waals surface area contributed by atoms with Crippen molar-refractivity contribution in [2.24, 2.45) is 0 Å². The summed E-state index contributed by atoms with van der Waals surface area (Å²) < 4.78 is 5.74. The number of pyridine rings is 1. The molecule has 0 aliphatic heterocycles. The zero-order chi connectivity index (χ0) is 19.1. The number of nitrogen functional groups attached to an aromatic ring is 1. The van der Waals surface area contributed by atoms with Gasteiger partial charge in [-0.05, 0) is 25.3 Å². The van der Waals surface area contributed by atoms with Gasteiger partial charge in [-0.2, -0.15) is 0 Å². The van der Waals surface area contributed by atoms with Crippen LogP contribution in [0.5, 0.6) is 0 Å². The highest BCUT2D eigenvalue weighted by Crippen LogP contribution is 2.32. The lowest BCUT2D eigenvalue weighted by Crippen LogP contribution is -2.27. The number of benzene rings is 1. The Morgan fingerprint density at radius 1 is 1.15 bits per heavy atom. The first kappa shape index (κ1) is 19.7. The number of carbonyl (C=O) groups is 1. The molecule has 3 rings (SSSR count). The first-order chi connectivity index (χ1) is 13.2. The maximum Gasteiger partial charge on any atom is 0.306 e. The lowest BCUT2D eigenvalue weighted by atomic mass is 9.91. The number of hydrogen-bond donors (Lipinski definition) is 1. The van der Waals surface area contributed by atoms with Crippen molar-refractivity contribution in [1.29, 1.82) is 0 Å². The van der Waals surface area contributed by atoms with Crippen molar-refractivity contribution in [3.63, 3.8) is 0 Å². The minimum absolute atomic E-state index is 0.0654. The maximum atomic E-state index is 12.2. The predicted octanol–water partition coefficient (Wildman–Crippen LogP) is 5.36. The normalized spacial score (nSPS) is 16.3. The lowest BCUT2D eigenvalue weighted by molar-refractivity contribution is -0.149. The molecule has 146 valence electrons. The van der Waals surface area contributed by atoms with Gasteiger partial charge in [0.05, 0.1) is 5.52 Å². The number of rotatable bonds is 9. The van der Waals surface area contributed by atoms with Gasteiger partial charge < -0.3 is 10.5 Å². The molecule has 4 heteroatoms. The summed E-state index contributed by atoms with van der Waals surface area (Å²) in [4.78, 5) is 16.9. The number of ether oxygens (including phenoxy) is 1. The van der Waals surface area contributed by atoms with Crippen molar-refractivity contribution in [3.8, 4) is 0 Å². The molecule has 2 N–H and O–H groups in total. The van der Waals surface area contributed by atoms with Crippen LogP contribution in [0.15, 0.2) is 24.3 Å². The van der Waals surface area contributed by atoms with E-state index in [4.69, 9.17) is 15.5 Å². The Morgan fingerprint density at radius 2 is 1.89 bits per heavy atom. The summed E-state index contributed by atoms with van der Waals surface area (Å²) in [6.07, 6.45) is 11.3. The van der Waals surface area contributed by atoms with E-state index in [1.165, 1.54) is 32.1 Å². The average molecular weight is 369 g/mol. The molecule has 0 saturated heterocycles. The van der Waals surface area contributed by atoms with Crippen LogP contribution in [-0.4, -0.2) is 17.1 Å². The second-order valence-corrected chi connectivity index (χ2v) is 7.69. The summed E-state index contributed by atoms with van der Waals surface area (Å²) >= 11 is 0. The highest BCUT2D eigenvalue weighted by molar-refractivity contribution is 5.92. The molecule has 1 aliphatic rings. The molecule has 1 aromatic carbocycles. The maximum absolute atomic E-state index is 12.2. The molecule has 0 amide bonds. The fourth-order valence-electron chi connectivity index (χ4n) is 3.96. The highest BCUT2D eigenvalue weighted by atomic mass is 16.5. The van der Waals surface area contributed by atoms with Gasteiger partial charge in [0.2, 0.25) is 0 Å². The Kier molecular flexibility index (Phi) is 7.08. The van der Waals surface area contributed by atoms with Gasteiger partial charge in [0, 0.05) is 35.2 Å². The van der Waals surface area contributed by atoms with Gasteiger partial charge in [-0.15, -0.1) is 0 Å². The Morgan fingerprint density at radius 3 is 2.70 bits per heavy atom. The monoisotopic (exact) mass is 368 g/mol. The highest BCUT2D eigenvalue weighted by Gasteiger charge is 2.25. The number of hydrogen-bond acceptors (Lipinski definition) is 4. The number of carbonyl (C=O) groups excluding carboxylic acids is 1. The molecule has 1 unspecified atom stereocenters. The van der Waals surface area contributed by atoms with Crippen LogP contribution >= 0.6 is 0 Å². The van der Waals surface area contributed by atoms with E-state index in [9.17, 15) is 4.79 Å². The van der Waals surface area contributed by atoms with Crippen molar-refractivity contribution in [1.82, 2.24) is 4.98 Å². The van der Waals surface area contributed by atoms with Crippen LogP contribution < -0.4 is 5.73 Å². The topological polar surface area (TPSA) is 65.2 Å². The smallest absolute Gasteiger partial charge is 0.306 e. The summed E-state index contributed by atoms with van der Waals surface area (Å²) in [5.74, 6) is -0.0654. The molecule has 0 spiro atoms. The molecule has 27 heavy (non-hydrogen) atoms. The standard InChI is InChI=1S/C23H32N2O2/c1-2-3-4-5-6-7-8-13-22(26)27-17-14-15-21-19(16-17)23(24)18-11-9-10-12-20(18)25-21/h9-12,17H,2-8,13-16H2,1H3,(H2,24,25). The summed E-state index contributed by atoms with van der Waals surface area (Å²) in [5.41, 5.74) is 10.3. The van der Waals surface area contributed by atoms with E-state index in [1.807, 2.05) is 24.3 Å². The fraction of sp³-hybridized carbons (Fsp3) is 0.565. The molecule has 1 atom stereocenters. The summed E-state index contributed by atoms with van der Waals surface area (Å²) in [6, 6.07) is 7.97. The van der Waals surface area contributed by atoms with E-state index in [2.05, 4.69) is 6.92 Å². The number of aryl methyl sites for hydroxylation is 1. The first-order valence-corrected chi connectivity index (χ1v) is 10.5. The zero-order valence-corrected chi connectivity index (χ0v) is 16.5. The Balaban J connectivity index is 1.48. The van der Waals surface area contributed by atoms with Crippen molar-refractivity contribution < 1.29 is 9.53 Å². The van der Waals surface area contributed by atoms with E-state index in [1.54, 1.807) is 0 Å². The van der Waals surface area contributed by atoms with Crippen molar-refractivity contribution in [3.05, 3.63) is 35.5 Å². The molecule has 0 fully saturated rings. The van der Waals surface area contributed by atoms with Gasteiger partial charge in [-0.1, -0.05) is 63.6 Å². The quantitative estimate of drug-likeness (QED) is 0.478. The van der Waals surface area contributed by atoms with Crippen molar-refractivity contribution >= 4 is 22.6 Å². The van der Waals surface area contributed by atoms with Crippen LogP contribution in [0.1, 0.15) is 76.0 Å². The molecule has 2 aromatic rings. The van der Waals surface area contributed by atoms with Crippen LogP contribution in [0.4, 0.5) is 5.69 Å². The molecule has 1 heterocycles. The van der Waals surface area contributed by atoms with E-state index < -0.39 is 0 Å². The number of para-hydroxylation sites is 1. The van der Waals surface area contributed by atoms with Gasteiger partial charge in [0.25, 0.3) is 0 Å². The molecule has 1 aliphatic carbocycles. The first-order valence-electron chi connectivity index (χ1n) is 10.5. The Bertz CT molecular complexity index is 772. The second kappa shape index (κ2) is 9.72. The summed E-state index contributed by atoms with van der Waals surface area (Å²) in [6.45, 7) is 2.23. The molecule has 4 nitrogen and oxygen atoms in total. The summed E-state index contributed by atoms with van der Waals surface area (Å²) in [7, 11) is 0. The van der Waals surface area contributed by atoms with Gasteiger partial charge in [0.15, 0.2) is 0 Å². The number of fused-ring (bicyclic) bond motifs is 2. The third kappa shape index (κ3) is 5.21. The molecule has 0 radical (unpaired) electrons. The van der Waals surface area contributed by atoms with Crippen LogP contribution in [0.3, 0.4) is 0 Å². The Hall–Kier alpha value is -2.10. The molecule has 1 aromatic heterocycles. The lowest BCUT2D eigenvalue weighted by Gasteiger charge is -2.26. The van der Waals surface area contributed by atoms with E-state index >= 15 is 0 Å². The SMILES string of the molecule is CCCCCCCCCC(=O)OC1CCc2nc3ccccc3c(N)c2C1. The molecular formula is C23H32N2O2. The number of unbranched alkanes of at least 4 members (excludes halogenated alkanes) is 6. The second-order valence-electron chi connectivity index (χ2n) is 7.69. The zero-order valence-electron chi connectivity index (χ0n) is 16.5. The predicted molar refractivity (Wildman–Crippen MR) is 111 cm³/mol. The number of aromatic nitrogens is 1. The number of anilines is 1. The molecule has 0 saturated carbocycles. The van der Waals surface area contributed by atoms with E-state index in [-0.39, 0.29) is 12.1 Å². The van der Waals surface area contributed by atoms with Crippen LogP contribution in [0.25, 0.3) is 10.9 Å². The van der Waals surface area contributed by atoms with Crippen molar-refractivity contribution in [2.45, 2.75) is 83.7 Å². The van der Waals surface area contributed by atoms with Gasteiger partial charge >= 0.3 is 5.97 Å².